The predicted octanol–water partition coefficient (Wildman–Crippen LogP) is 2.46. The molecule has 6 heteroatoms. The highest BCUT2D eigenvalue weighted by Gasteiger charge is 2.05. The van der Waals surface area contributed by atoms with Gasteiger partial charge in [0.25, 0.3) is 0 Å². The molecule has 0 fully saturated rings. The molecular formula is C15H24FN5. The van der Waals surface area contributed by atoms with Gasteiger partial charge in [0.05, 0.1) is 11.9 Å². The van der Waals surface area contributed by atoms with E-state index in [0.29, 0.717) is 0 Å². The van der Waals surface area contributed by atoms with Crippen LogP contribution in [0.2, 0.25) is 0 Å². The molecule has 0 saturated heterocycles. The van der Waals surface area contributed by atoms with Crippen molar-refractivity contribution in [3.63, 3.8) is 0 Å². The van der Waals surface area contributed by atoms with Crippen molar-refractivity contribution in [2.45, 2.75) is 19.8 Å². The van der Waals surface area contributed by atoms with Crippen LogP contribution in [0.3, 0.4) is 0 Å². The number of nitrogens with one attached hydrogen (secondary N) is 3. The number of benzene rings is 1. The molecule has 0 aliphatic heterocycles. The molecule has 0 radical (unpaired) electrons. The summed E-state index contributed by atoms with van der Waals surface area (Å²) in [4.78, 5) is 3.82. The summed E-state index contributed by atoms with van der Waals surface area (Å²) in [5, 5.41) is 1.55. The van der Waals surface area contributed by atoms with Gasteiger partial charge in [0.2, 0.25) is 0 Å². The van der Waals surface area contributed by atoms with E-state index in [1.807, 2.05) is 12.1 Å². The Balaban J connectivity index is 2.65. The minimum Gasteiger partial charge on any atom is -0.304 e. The van der Waals surface area contributed by atoms with E-state index in [1.54, 1.807) is 19.1 Å². The summed E-state index contributed by atoms with van der Waals surface area (Å²) in [7, 11) is 4.90. The number of halogens is 1. The van der Waals surface area contributed by atoms with Crippen LogP contribution in [0.4, 0.5) is 10.1 Å². The Labute approximate surface area is 125 Å². The van der Waals surface area contributed by atoms with Crippen molar-refractivity contribution in [3.05, 3.63) is 41.9 Å². The van der Waals surface area contributed by atoms with Gasteiger partial charge in [0.15, 0.2) is 11.7 Å². The number of nitrogens with zero attached hydrogens (tertiary/aromatic N) is 2. The predicted molar refractivity (Wildman–Crippen MR) is 86.6 cm³/mol. The van der Waals surface area contributed by atoms with Crippen LogP contribution in [-0.4, -0.2) is 32.0 Å². The average molecular weight is 293 g/mol. The molecule has 0 aliphatic rings. The number of anilines is 1. The molecule has 116 valence electrons. The molecule has 21 heavy (non-hydrogen) atoms. The van der Waals surface area contributed by atoms with E-state index < -0.39 is 5.83 Å². The maximum absolute atomic E-state index is 13.9. The first-order chi connectivity index (χ1) is 10.1. The number of aryl methyl sites for hydroxylation is 1. The molecule has 0 atom stereocenters. The minimum atomic E-state index is -0.468. The van der Waals surface area contributed by atoms with Gasteiger partial charge in [0.1, 0.15) is 0 Å². The fourth-order valence-electron chi connectivity index (χ4n) is 1.84. The average Bonchev–Trinajstić information content (AvgIpc) is 2.46. The Kier molecular flexibility index (Phi) is 7.25. The highest BCUT2D eigenvalue weighted by atomic mass is 19.1. The van der Waals surface area contributed by atoms with Crippen LogP contribution < -0.4 is 16.3 Å². The SMILES string of the molecule is CCCc1ccc(NN(C)/C=C(F)\C(=N/C)NNC)cc1. The summed E-state index contributed by atoms with van der Waals surface area (Å²) >= 11 is 0. The first-order valence-corrected chi connectivity index (χ1v) is 6.96. The summed E-state index contributed by atoms with van der Waals surface area (Å²) in [5.41, 5.74) is 10.5. The van der Waals surface area contributed by atoms with Gasteiger partial charge in [-0.25, -0.2) is 9.82 Å². The van der Waals surface area contributed by atoms with Crippen molar-refractivity contribution in [1.29, 1.82) is 0 Å². The van der Waals surface area contributed by atoms with Crippen LogP contribution in [0.1, 0.15) is 18.9 Å². The molecule has 0 aliphatic carbocycles. The van der Waals surface area contributed by atoms with E-state index >= 15 is 0 Å². The summed E-state index contributed by atoms with van der Waals surface area (Å²) < 4.78 is 13.9. The quantitative estimate of drug-likeness (QED) is 0.411. The molecule has 1 aromatic carbocycles. The lowest BCUT2D eigenvalue weighted by atomic mass is 10.1. The lowest BCUT2D eigenvalue weighted by Crippen LogP contribution is -2.35. The summed E-state index contributed by atoms with van der Waals surface area (Å²) in [6.45, 7) is 2.15. The van der Waals surface area contributed by atoms with Crippen molar-refractivity contribution in [3.8, 4) is 0 Å². The van der Waals surface area contributed by atoms with Gasteiger partial charge in [-0.15, -0.1) is 0 Å². The number of hydrogen-bond acceptors (Lipinski definition) is 4. The topological polar surface area (TPSA) is 51.7 Å². The van der Waals surface area contributed by atoms with Crippen molar-refractivity contribution >= 4 is 11.5 Å². The van der Waals surface area contributed by atoms with Crippen molar-refractivity contribution in [1.82, 2.24) is 15.9 Å². The van der Waals surface area contributed by atoms with Crippen molar-refractivity contribution < 1.29 is 4.39 Å². The van der Waals surface area contributed by atoms with Gasteiger partial charge in [-0.3, -0.25) is 15.4 Å². The highest BCUT2D eigenvalue weighted by Crippen LogP contribution is 2.12. The summed E-state index contributed by atoms with van der Waals surface area (Å²) in [5.74, 6) is -0.325. The monoisotopic (exact) mass is 293 g/mol. The second-order valence-corrected chi connectivity index (χ2v) is 4.59. The normalized spacial score (nSPS) is 12.2. The van der Waals surface area contributed by atoms with Gasteiger partial charge in [-0.1, -0.05) is 25.5 Å². The zero-order valence-corrected chi connectivity index (χ0v) is 13.1. The number of rotatable bonds is 7. The van der Waals surface area contributed by atoms with Crippen LogP contribution in [0.25, 0.3) is 0 Å². The Hall–Kier alpha value is -2.08. The van der Waals surface area contributed by atoms with E-state index in [1.165, 1.54) is 18.8 Å². The molecule has 0 spiro atoms. The van der Waals surface area contributed by atoms with Gasteiger partial charge in [-0.05, 0) is 24.1 Å². The van der Waals surface area contributed by atoms with Gasteiger partial charge < -0.3 is 5.43 Å². The lowest BCUT2D eigenvalue weighted by molar-refractivity contribution is 0.521. The number of hydrogen-bond donors (Lipinski definition) is 3. The molecular weight excluding hydrogens is 269 g/mol. The fraction of sp³-hybridized carbons (Fsp3) is 0.400. The molecule has 0 aromatic heterocycles. The van der Waals surface area contributed by atoms with Crippen LogP contribution in [0.5, 0.6) is 0 Å². The minimum absolute atomic E-state index is 0.143. The Morgan fingerprint density at radius 2 is 2.00 bits per heavy atom. The van der Waals surface area contributed by atoms with Crippen molar-refractivity contribution in [2.24, 2.45) is 4.99 Å². The third kappa shape index (κ3) is 5.83. The molecule has 0 bridgehead atoms. The third-order valence-corrected chi connectivity index (χ3v) is 2.80. The van der Waals surface area contributed by atoms with Crippen LogP contribution >= 0.6 is 0 Å². The van der Waals surface area contributed by atoms with Gasteiger partial charge >= 0.3 is 0 Å². The largest absolute Gasteiger partial charge is 0.304 e. The molecule has 0 unspecified atom stereocenters. The second-order valence-electron chi connectivity index (χ2n) is 4.59. The molecule has 1 rings (SSSR count). The van der Waals surface area contributed by atoms with E-state index in [4.69, 9.17) is 0 Å². The standard InChI is InChI=1S/C15H24FN5/c1-5-6-12-7-9-13(10-8-12)20-21(4)11-14(16)15(17-2)19-18-3/h7-11,18,20H,5-6H2,1-4H3,(H,17,19)/b14-11+. The van der Waals surface area contributed by atoms with Crippen molar-refractivity contribution in [2.75, 3.05) is 26.6 Å². The Morgan fingerprint density at radius 1 is 1.33 bits per heavy atom. The Bertz CT molecular complexity index is 481. The molecule has 3 N–H and O–H groups in total. The zero-order valence-electron chi connectivity index (χ0n) is 13.1. The highest BCUT2D eigenvalue weighted by molar-refractivity contribution is 5.95. The zero-order chi connectivity index (χ0) is 15.7. The number of hydrazine groups is 2. The van der Waals surface area contributed by atoms with Crippen LogP contribution in [-0.2, 0) is 6.42 Å². The molecule has 1 aromatic rings. The number of amidine groups is 1. The summed E-state index contributed by atoms with van der Waals surface area (Å²) in [6, 6.07) is 8.10. The van der Waals surface area contributed by atoms with Gasteiger partial charge in [0, 0.05) is 21.1 Å². The van der Waals surface area contributed by atoms with Crippen LogP contribution in [0.15, 0.2) is 41.3 Å². The second kappa shape index (κ2) is 8.97. The molecule has 5 nitrogen and oxygen atoms in total. The lowest BCUT2D eigenvalue weighted by Gasteiger charge is -2.18. The van der Waals surface area contributed by atoms with E-state index in [0.717, 1.165) is 18.5 Å². The maximum atomic E-state index is 13.9. The molecule has 0 amide bonds. The van der Waals surface area contributed by atoms with E-state index in [9.17, 15) is 4.39 Å². The molecule has 0 heterocycles. The first-order valence-electron chi connectivity index (χ1n) is 6.96. The van der Waals surface area contributed by atoms with Crippen LogP contribution in [0, 0.1) is 0 Å². The number of aliphatic imine (C=N–C) groups is 1. The fourth-order valence-corrected chi connectivity index (χ4v) is 1.84. The first kappa shape index (κ1) is 17.0. The molecule has 0 saturated carbocycles. The maximum Gasteiger partial charge on any atom is 0.184 e. The van der Waals surface area contributed by atoms with E-state index in [-0.39, 0.29) is 5.84 Å². The smallest absolute Gasteiger partial charge is 0.184 e. The summed E-state index contributed by atoms with van der Waals surface area (Å²) in [6.07, 6.45) is 3.52. The third-order valence-electron chi connectivity index (χ3n) is 2.80. The van der Waals surface area contributed by atoms with Gasteiger partial charge in [-0.2, -0.15) is 0 Å². The Morgan fingerprint density at radius 3 is 2.52 bits per heavy atom. The van der Waals surface area contributed by atoms with E-state index in [2.05, 4.69) is 40.3 Å².